The number of unbranched alkanes of at least 4 members (excludes halogenated alkanes) is 1. The average molecular weight is 448 g/mol. The highest BCUT2D eigenvalue weighted by Gasteiger charge is 2.42. The molecule has 0 saturated heterocycles. The molecule has 0 atom stereocenters. The number of hydrogen-bond acceptors (Lipinski definition) is 4. The van der Waals surface area contributed by atoms with E-state index < -0.39 is 20.4 Å². The van der Waals surface area contributed by atoms with Gasteiger partial charge in [-0.2, -0.15) is 13.2 Å². The Labute approximate surface area is 179 Å². The van der Waals surface area contributed by atoms with Gasteiger partial charge in [-0.15, -0.1) is 0 Å². The zero-order chi connectivity index (χ0) is 23.2. The van der Waals surface area contributed by atoms with Crippen LogP contribution in [-0.4, -0.2) is 62.4 Å². The maximum absolute atomic E-state index is 13.0. The van der Waals surface area contributed by atoms with E-state index in [1.807, 2.05) is 19.0 Å². The molecule has 0 unspecified atom stereocenters. The molecule has 0 aliphatic heterocycles. The van der Waals surface area contributed by atoms with E-state index in [0.29, 0.717) is 25.1 Å². The number of nitrogens with zero attached hydrogens (tertiary/aromatic N) is 3. The minimum Gasteiger partial charge on any atom is -0.413 e. The number of carbonyl (C=O) groups excluding carboxylic acids is 1. The second kappa shape index (κ2) is 10.7. The van der Waals surface area contributed by atoms with Crippen molar-refractivity contribution >= 4 is 14.2 Å². The molecule has 9 heteroatoms. The Balaban J connectivity index is 2.86. The van der Waals surface area contributed by atoms with Crippen molar-refractivity contribution in [2.45, 2.75) is 71.1 Å². The van der Waals surface area contributed by atoms with Crippen LogP contribution in [0.3, 0.4) is 0 Å². The van der Waals surface area contributed by atoms with Crippen LogP contribution < -0.4 is 0 Å². The highest BCUT2D eigenvalue weighted by atomic mass is 28.4. The van der Waals surface area contributed by atoms with E-state index >= 15 is 0 Å². The molecule has 0 fully saturated rings. The molecule has 0 aromatic carbocycles. The highest BCUT2D eigenvalue weighted by Crippen LogP contribution is 2.37. The predicted octanol–water partition coefficient (Wildman–Crippen LogP) is 4.84. The molecular formula is C21H36F3N3O2Si. The lowest BCUT2D eigenvalue weighted by molar-refractivity contribution is -0.186. The topological polar surface area (TPSA) is 45.7 Å². The largest absolute Gasteiger partial charge is 0.471 e. The molecule has 1 heterocycles. The summed E-state index contributed by atoms with van der Waals surface area (Å²) in [5.74, 6) is -1.82. The Hall–Kier alpha value is -1.45. The second-order valence-corrected chi connectivity index (χ2v) is 14.2. The normalized spacial score (nSPS) is 13.0. The number of alkyl halides is 3. The summed E-state index contributed by atoms with van der Waals surface area (Å²) in [7, 11) is 1.86. The highest BCUT2D eigenvalue weighted by molar-refractivity contribution is 6.74. The van der Waals surface area contributed by atoms with Crippen molar-refractivity contribution in [3.63, 3.8) is 0 Å². The maximum Gasteiger partial charge on any atom is 0.471 e. The average Bonchev–Trinajstić information content (AvgIpc) is 2.60. The Bertz CT molecular complexity index is 689. The van der Waals surface area contributed by atoms with Gasteiger partial charge in [-0.3, -0.25) is 9.78 Å². The van der Waals surface area contributed by atoms with Crippen molar-refractivity contribution in [1.29, 1.82) is 0 Å². The van der Waals surface area contributed by atoms with Gasteiger partial charge in [0.15, 0.2) is 8.32 Å². The summed E-state index contributed by atoms with van der Waals surface area (Å²) in [6.07, 6.45) is -2.14. The fraction of sp³-hybridized carbons (Fsp3) is 0.714. The van der Waals surface area contributed by atoms with Gasteiger partial charge in [-0.25, -0.2) is 0 Å². The number of carbonyl (C=O) groups is 1. The van der Waals surface area contributed by atoms with E-state index in [2.05, 4.69) is 38.8 Å². The van der Waals surface area contributed by atoms with Crippen LogP contribution >= 0.6 is 0 Å². The van der Waals surface area contributed by atoms with Gasteiger partial charge < -0.3 is 14.2 Å². The van der Waals surface area contributed by atoms with Crippen molar-refractivity contribution in [3.05, 3.63) is 29.6 Å². The molecule has 30 heavy (non-hydrogen) atoms. The van der Waals surface area contributed by atoms with Crippen molar-refractivity contribution in [1.82, 2.24) is 14.8 Å². The zero-order valence-corrected chi connectivity index (χ0v) is 20.3. The summed E-state index contributed by atoms with van der Waals surface area (Å²) in [6, 6.07) is 3.52. The molecule has 0 radical (unpaired) electrons. The molecule has 0 N–H and O–H groups in total. The van der Waals surface area contributed by atoms with Crippen LogP contribution in [0.1, 0.15) is 44.9 Å². The lowest BCUT2D eigenvalue weighted by atomic mass is 10.2. The van der Waals surface area contributed by atoms with Gasteiger partial charge in [-0.05, 0) is 69.3 Å². The first-order valence-electron chi connectivity index (χ1n) is 10.2. The lowest BCUT2D eigenvalue weighted by Crippen LogP contribution is -2.41. The van der Waals surface area contributed by atoms with Crippen LogP contribution in [-0.2, 0) is 22.4 Å². The molecule has 0 spiro atoms. The summed E-state index contributed by atoms with van der Waals surface area (Å²) < 4.78 is 45.3. The summed E-state index contributed by atoms with van der Waals surface area (Å²) in [4.78, 5) is 18.9. The van der Waals surface area contributed by atoms with Gasteiger partial charge in [-0.1, -0.05) is 20.8 Å². The molecule has 5 nitrogen and oxygen atoms in total. The molecule has 1 rings (SSSR count). The zero-order valence-electron chi connectivity index (χ0n) is 19.3. The number of rotatable bonds is 10. The Kier molecular flexibility index (Phi) is 9.50. The monoisotopic (exact) mass is 447 g/mol. The summed E-state index contributed by atoms with van der Waals surface area (Å²) >= 11 is 0. The summed E-state index contributed by atoms with van der Waals surface area (Å²) in [5, 5.41) is 0.0609. The van der Waals surface area contributed by atoms with E-state index in [1.165, 1.54) is 0 Å². The molecule has 1 aromatic heterocycles. The molecule has 0 aliphatic carbocycles. The van der Waals surface area contributed by atoms with E-state index in [4.69, 9.17) is 4.43 Å². The van der Waals surface area contributed by atoms with Crippen LogP contribution in [0.25, 0.3) is 0 Å². The Morgan fingerprint density at radius 2 is 1.73 bits per heavy atom. The van der Waals surface area contributed by atoms with Crippen molar-refractivity contribution < 1.29 is 22.4 Å². The van der Waals surface area contributed by atoms with Crippen molar-refractivity contribution in [2.75, 3.05) is 27.2 Å². The molecule has 1 amide bonds. The van der Waals surface area contributed by atoms with Crippen LogP contribution in [0.5, 0.6) is 0 Å². The third-order valence-corrected chi connectivity index (χ3v) is 9.93. The number of amides is 1. The number of halogens is 3. The first kappa shape index (κ1) is 26.6. The lowest BCUT2D eigenvalue weighted by Gasteiger charge is -2.36. The number of aromatic nitrogens is 1. The predicted molar refractivity (Wildman–Crippen MR) is 115 cm³/mol. The fourth-order valence-electron chi connectivity index (χ4n) is 2.54. The SMILES string of the molecule is CN(C)CCCCN(Cc1cc(CO[Si](C)(C)C(C)(C)C)ccn1)C(=O)C(F)(F)F. The van der Waals surface area contributed by atoms with Crippen LogP contribution in [0, 0.1) is 0 Å². The molecule has 0 aliphatic rings. The van der Waals surface area contributed by atoms with E-state index in [-0.39, 0.29) is 18.1 Å². The van der Waals surface area contributed by atoms with Crippen LogP contribution in [0.4, 0.5) is 13.2 Å². The van der Waals surface area contributed by atoms with Gasteiger partial charge in [0, 0.05) is 12.7 Å². The van der Waals surface area contributed by atoms with Gasteiger partial charge in [0.1, 0.15) is 0 Å². The van der Waals surface area contributed by atoms with Gasteiger partial charge in [0.25, 0.3) is 0 Å². The molecule has 0 saturated carbocycles. The van der Waals surface area contributed by atoms with Gasteiger partial charge >= 0.3 is 12.1 Å². The quantitative estimate of drug-likeness (QED) is 0.380. The fourth-order valence-corrected chi connectivity index (χ4v) is 3.50. The minimum absolute atomic E-state index is 0.0402. The van der Waals surface area contributed by atoms with E-state index in [0.717, 1.165) is 17.0 Å². The van der Waals surface area contributed by atoms with Gasteiger partial charge in [0.2, 0.25) is 0 Å². The Morgan fingerprint density at radius 3 is 2.27 bits per heavy atom. The summed E-state index contributed by atoms with van der Waals surface area (Å²) in [5.41, 5.74) is 1.27. The molecule has 0 bridgehead atoms. The first-order valence-corrected chi connectivity index (χ1v) is 13.1. The molecule has 172 valence electrons. The minimum atomic E-state index is -4.90. The van der Waals surface area contributed by atoms with Crippen LogP contribution in [0.15, 0.2) is 18.3 Å². The smallest absolute Gasteiger partial charge is 0.413 e. The molecular weight excluding hydrogens is 411 g/mol. The maximum atomic E-state index is 13.0. The van der Waals surface area contributed by atoms with Crippen molar-refractivity contribution in [3.8, 4) is 0 Å². The van der Waals surface area contributed by atoms with E-state index in [1.54, 1.807) is 18.3 Å². The standard InChI is InChI=1S/C21H36F3N3O2Si/c1-20(2,3)30(6,7)29-16-17-10-11-25-18(14-17)15-27(19(28)21(22,23)24)13-9-8-12-26(4)5/h10-11,14H,8-9,12-13,15-16H2,1-7H3. The Morgan fingerprint density at radius 1 is 1.13 bits per heavy atom. The third-order valence-electron chi connectivity index (χ3n) is 5.45. The molecule has 1 aromatic rings. The van der Waals surface area contributed by atoms with Crippen molar-refractivity contribution in [2.24, 2.45) is 0 Å². The number of pyridine rings is 1. The third kappa shape index (κ3) is 8.73. The van der Waals surface area contributed by atoms with Crippen LogP contribution in [0.2, 0.25) is 18.1 Å². The summed E-state index contributed by atoms with van der Waals surface area (Å²) in [6.45, 7) is 11.7. The van der Waals surface area contributed by atoms with E-state index in [9.17, 15) is 18.0 Å². The number of hydrogen-bond donors (Lipinski definition) is 0. The first-order chi connectivity index (χ1) is 13.6. The second-order valence-electron chi connectivity index (χ2n) is 9.44. The van der Waals surface area contributed by atoms with Gasteiger partial charge in [0.05, 0.1) is 18.8 Å².